The lowest BCUT2D eigenvalue weighted by atomic mass is 10.1. The van der Waals surface area contributed by atoms with Crippen molar-refractivity contribution in [3.63, 3.8) is 0 Å². The van der Waals surface area contributed by atoms with E-state index >= 15 is 0 Å². The monoisotopic (exact) mass is 531 g/mol. The van der Waals surface area contributed by atoms with Gasteiger partial charge >= 0.3 is 0 Å². The van der Waals surface area contributed by atoms with Gasteiger partial charge in [0.15, 0.2) is 5.52 Å². The maximum atomic E-state index is 13.7. The van der Waals surface area contributed by atoms with Gasteiger partial charge < -0.3 is 14.6 Å². The Morgan fingerprint density at radius 1 is 1.33 bits per heavy atom. The van der Waals surface area contributed by atoms with E-state index in [4.69, 9.17) is 25.3 Å². The van der Waals surface area contributed by atoms with E-state index in [-0.39, 0.29) is 42.0 Å². The highest BCUT2D eigenvalue weighted by molar-refractivity contribution is 7.89. The number of ether oxygens (including phenoxy) is 1. The zero-order chi connectivity index (χ0) is 38.8. The zero-order valence-electron chi connectivity index (χ0n) is 34.4. The Bertz CT molecular complexity index is 1940. The summed E-state index contributed by atoms with van der Waals surface area (Å²) in [5.41, 5.74) is -3.57. The number of nitrogens with one attached hydrogen (secondary N) is 2. The summed E-state index contributed by atoms with van der Waals surface area (Å²) in [4.78, 5) is 20.1. The maximum absolute atomic E-state index is 13.7. The number of nitrogens with zero attached hydrogens (tertiary/aromatic N) is 4. The lowest BCUT2D eigenvalue weighted by Crippen LogP contribution is -2.31. The molecule has 196 valence electrons. The molecule has 2 aromatic heterocycles. The van der Waals surface area contributed by atoms with Crippen LogP contribution in [0.5, 0.6) is 5.75 Å². The van der Waals surface area contributed by atoms with Crippen LogP contribution in [-0.4, -0.2) is 65.7 Å². The number of hydrogen-bond donors (Lipinski definition) is 2. The van der Waals surface area contributed by atoms with Crippen molar-refractivity contribution < 1.29 is 33.7 Å². The fourth-order valence-electron chi connectivity index (χ4n) is 3.71. The molecule has 1 aliphatic rings. The molecule has 1 fully saturated rings. The molecule has 3 aromatic rings. The van der Waals surface area contributed by atoms with Crippen LogP contribution in [0.15, 0.2) is 27.9 Å². The van der Waals surface area contributed by atoms with Crippen molar-refractivity contribution in [1.82, 2.24) is 29.4 Å². The summed E-state index contributed by atoms with van der Waals surface area (Å²) in [6.07, 6.45) is -6.41. The molecule has 0 bridgehead atoms. The number of fused-ring (bicyclic) bond motifs is 1. The Labute approximate surface area is 233 Å². The van der Waals surface area contributed by atoms with Gasteiger partial charge in [-0.25, -0.2) is 18.1 Å². The number of rotatable bonds is 11. The molecule has 0 spiro atoms. The first-order valence-corrected chi connectivity index (χ1v) is 12.6. The van der Waals surface area contributed by atoms with Crippen LogP contribution in [-0.2, 0) is 23.4 Å². The Hall–Kier alpha value is -2.76. The molecule has 0 amide bonds. The molecule has 0 radical (unpaired) electrons. The second kappa shape index (κ2) is 11.1. The standard InChI is InChI=1S/C25H36N6O4S/c1-5-8-20-22-23(31(4)29-20)25(32)28-24(27-22)19-16-18(10-11-21(19)35-15-6-2)36(33,34)26-13-12-17-9-7-14-30(17)3/h10-11,16-17,26H,5-9,12-15H2,1-4H3,(H,27,28,32)/i1D3,3D3,4D3,8D2,12D2,13D2. The van der Waals surface area contributed by atoms with Gasteiger partial charge in [-0.2, -0.15) is 5.10 Å². The van der Waals surface area contributed by atoms with Crippen LogP contribution in [0.3, 0.4) is 0 Å². The molecule has 1 aliphatic heterocycles. The lowest BCUT2D eigenvalue weighted by molar-refractivity contribution is 0.297. The maximum Gasteiger partial charge on any atom is 0.277 e. The van der Waals surface area contributed by atoms with Crippen LogP contribution in [0.2, 0.25) is 0 Å². The fourth-order valence-corrected chi connectivity index (χ4v) is 4.54. The highest BCUT2D eigenvalue weighted by Crippen LogP contribution is 2.31. The predicted molar refractivity (Wildman–Crippen MR) is 140 cm³/mol. The molecule has 36 heavy (non-hydrogen) atoms. The van der Waals surface area contributed by atoms with Gasteiger partial charge in [0, 0.05) is 40.1 Å². The van der Waals surface area contributed by atoms with E-state index in [1.807, 2.05) is 0 Å². The minimum absolute atomic E-state index is 0.0631. The van der Waals surface area contributed by atoms with Gasteiger partial charge in [0.05, 0.1) is 22.8 Å². The van der Waals surface area contributed by atoms with Gasteiger partial charge in [-0.05, 0) is 63.7 Å². The Balaban J connectivity index is 1.88. The van der Waals surface area contributed by atoms with Crippen molar-refractivity contribution >= 4 is 21.1 Å². The number of aromatic nitrogens is 4. The molecular formula is C25H36N6O4S. The molecule has 1 atom stereocenters. The second-order valence-corrected chi connectivity index (χ2v) is 9.64. The average molecular weight is 532 g/mol. The third-order valence-corrected chi connectivity index (χ3v) is 6.69. The summed E-state index contributed by atoms with van der Waals surface area (Å²) in [5, 5.41) is 3.75. The molecule has 2 N–H and O–H groups in total. The van der Waals surface area contributed by atoms with Crippen LogP contribution in [0.4, 0.5) is 0 Å². The number of sulfonamides is 1. The van der Waals surface area contributed by atoms with Crippen molar-refractivity contribution in [3.8, 4) is 17.1 Å². The summed E-state index contributed by atoms with van der Waals surface area (Å²) >= 11 is 0. The van der Waals surface area contributed by atoms with Crippen LogP contribution < -0.4 is 15.0 Å². The summed E-state index contributed by atoms with van der Waals surface area (Å²) in [5.74, 6) is -0.560. The quantitative estimate of drug-likeness (QED) is 0.390. The number of likely N-dealkylation sites (tertiary alicyclic amines) is 1. The van der Waals surface area contributed by atoms with Crippen molar-refractivity contribution in [2.75, 3.05) is 26.6 Å². The van der Waals surface area contributed by atoms with Gasteiger partial charge in [-0.3, -0.25) is 9.48 Å². The van der Waals surface area contributed by atoms with Crippen LogP contribution in [0.1, 0.15) is 72.1 Å². The molecule has 1 aromatic carbocycles. The SMILES string of the molecule is [2H]C([2H])([2H])CC([2H])([2H])c1nn(C([2H])([2H])[2H])c2c(=O)[nH]c(-c3cc(S(=O)(=O)NC([2H])([2H])C([2H])([2H])C4CCCN4C([2H])([2H])[2H])ccc3OCCC)nc12. The van der Waals surface area contributed by atoms with Crippen LogP contribution in [0, 0.1) is 0 Å². The van der Waals surface area contributed by atoms with Crippen molar-refractivity contribution in [3.05, 3.63) is 34.2 Å². The fraction of sp³-hybridized carbons (Fsp3) is 0.560. The van der Waals surface area contributed by atoms with Gasteiger partial charge in [-0.1, -0.05) is 20.2 Å². The number of aromatic amines is 1. The average Bonchev–Trinajstić information content (AvgIpc) is 3.61. The molecule has 0 saturated carbocycles. The molecule has 11 heteroatoms. The first kappa shape index (κ1) is 13.2. The van der Waals surface area contributed by atoms with Gasteiger partial charge in [0.1, 0.15) is 17.1 Å². The van der Waals surface area contributed by atoms with Crippen LogP contribution >= 0.6 is 0 Å². The smallest absolute Gasteiger partial charge is 0.277 e. The van der Waals surface area contributed by atoms with Gasteiger partial charge in [0.2, 0.25) is 10.0 Å². The van der Waals surface area contributed by atoms with E-state index in [0.29, 0.717) is 6.42 Å². The lowest BCUT2D eigenvalue weighted by Gasteiger charge is -2.19. The van der Waals surface area contributed by atoms with E-state index in [2.05, 4.69) is 15.1 Å². The first-order valence-electron chi connectivity index (χ1n) is 18.7. The molecular weight excluding hydrogens is 480 g/mol. The normalized spacial score (nSPS) is 25.1. The Morgan fingerprint density at radius 2 is 2.22 bits per heavy atom. The molecule has 10 nitrogen and oxygen atoms in total. The van der Waals surface area contributed by atoms with E-state index in [0.717, 1.165) is 23.1 Å². The summed E-state index contributed by atoms with van der Waals surface area (Å²) in [6.45, 7) is -10.4. The molecule has 1 unspecified atom stereocenters. The first-order chi connectivity index (χ1) is 23.0. The highest BCUT2D eigenvalue weighted by atomic mass is 32.2. The van der Waals surface area contributed by atoms with Crippen molar-refractivity contribution in [2.45, 2.75) is 63.1 Å². The number of benzene rings is 1. The predicted octanol–water partition coefficient (Wildman–Crippen LogP) is 2.83. The van der Waals surface area contributed by atoms with E-state index in [1.54, 1.807) is 11.6 Å². The van der Waals surface area contributed by atoms with Crippen molar-refractivity contribution in [1.29, 1.82) is 0 Å². The van der Waals surface area contributed by atoms with Gasteiger partial charge in [0.25, 0.3) is 5.56 Å². The van der Waals surface area contributed by atoms with E-state index in [1.165, 1.54) is 0 Å². The second-order valence-electron chi connectivity index (χ2n) is 7.96. The third kappa shape index (κ3) is 5.47. The number of aryl methyl sites for hydroxylation is 2. The Kier molecular flexibility index (Phi) is 4.06. The summed E-state index contributed by atoms with van der Waals surface area (Å²) in [6, 6.07) is 1.53. The number of H-pyrrole nitrogens is 1. The molecule has 1 saturated heterocycles. The highest BCUT2D eigenvalue weighted by Gasteiger charge is 2.23. The molecule has 0 aliphatic carbocycles. The van der Waals surface area contributed by atoms with E-state index < -0.39 is 95.5 Å². The van der Waals surface area contributed by atoms with Gasteiger partial charge in [-0.15, -0.1) is 0 Å². The Morgan fingerprint density at radius 3 is 3.00 bits per heavy atom. The minimum atomic E-state index is -4.98. The number of hydrogen-bond acceptors (Lipinski definition) is 7. The topological polar surface area (TPSA) is 122 Å². The molecule has 3 heterocycles. The molecule has 4 rings (SSSR count). The zero-order valence-corrected chi connectivity index (χ0v) is 20.2. The van der Waals surface area contributed by atoms with Crippen LogP contribution in [0.25, 0.3) is 22.4 Å². The summed E-state index contributed by atoms with van der Waals surface area (Å²) < 4.78 is 155. The summed E-state index contributed by atoms with van der Waals surface area (Å²) in [7, 11) is -4.98. The van der Waals surface area contributed by atoms with Crippen molar-refractivity contribution in [2.24, 2.45) is 6.98 Å². The minimum Gasteiger partial charge on any atom is -0.493 e. The largest absolute Gasteiger partial charge is 0.493 e. The van der Waals surface area contributed by atoms with E-state index in [9.17, 15) is 13.2 Å². The third-order valence-electron chi connectivity index (χ3n) is 5.44.